The van der Waals surface area contributed by atoms with Crippen LogP contribution in [0.15, 0.2) is 59.8 Å². The summed E-state index contributed by atoms with van der Waals surface area (Å²) in [5, 5.41) is 14.7. The van der Waals surface area contributed by atoms with Gasteiger partial charge in [0.15, 0.2) is 0 Å². The van der Waals surface area contributed by atoms with Gasteiger partial charge in [0, 0.05) is 0 Å². The van der Waals surface area contributed by atoms with Crippen LogP contribution in [0.1, 0.15) is 18.5 Å². The van der Waals surface area contributed by atoms with Gasteiger partial charge in [-0.2, -0.15) is 4.68 Å². The van der Waals surface area contributed by atoms with E-state index in [4.69, 9.17) is 0 Å². The predicted molar refractivity (Wildman–Crippen MR) is 92.8 cm³/mol. The molecule has 0 bridgehead atoms. The standard InChI is InChI=1S/C17H16FN5OS/c1-12(13-6-3-2-4-7-13)19-16(24)11-25-17-20-21-22-23(17)15-9-5-8-14(18)10-15/h2-10,12H,11H2,1H3,(H,19,24). The number of nitrogens with zero attached hydrogens (tertiary/aromatic N) is 4. The highest BCUT2D eigenvalue weighted by Crippen LogP contribution is 2.19. The Morgan fingerprint density at radius 2 is 2.04 bits per heavy atom. The van der Waals surface area contributed by atoms with Gasteiger partial charge in [0.25, 0.3) is 0 Å². The summed E-state index contributed by atoms with van der Waals surface area (Å²) in [6.07, 6.45) is 0. The second-order valence-electron chi connectivity index (χ2n) is 5.34. The molecule has 0 saturated carbocycles. The number of rotatable bonds is 6. The Kier molecular flexibility index (Phi) is 5.39. The SMILES string of the molecule is CC(NC(=O)CSc1nnnn1-c1cccc(F)c1)c1ccccc1. The molecule has 1 heterocycles. The van der Waals surface area contributed by atoms with Crippen molar-refractivity contribution in [1.82, 2.24) is 25.5 Å². The zero-order valence-electron chi connectivity index (χ0n) is 13.5. The Bertz CT molecular complexity index is 855. The number of tetrazole rings is 1. The highest BCUT2D eigenvalue weighted by molar-refractivity contribution is 7.99. The van der Waals surface area contributed by atoms with Gasteiger partial charge in [-0.15, -0.1) is 5.10 Å². The van der Waals surface area contributed by atoms with E-state index >= 15 is 0 Å². The van der Waals surface area contributed by atoms with Crippen molar-refractivity contribution >= 4 is 17.7 Å². The lowest BCUT2D eigenvalue weighted by Gasteiger charge is -2.13. The van der Waals surface area contributed by atoms with Crippen molar-refractivity contribution in [2.45, 2.75) is 18.1 Å². The van der Waals surface area contributed by atoms with Crippen molar-refractivity contribution in [3.8, 4) is 5.69 Å². The fraction of sp³-hybridized carbons (Fsp3) is 0.176. The topological polar surface area (TPSA) is 72.7 Å². The lowest BCUT2D eigenvalue weighted by Crippen LogP contribution is -2.28. The number of amides is 1. The highest BCUT2D eigenvalue weighted by atomic mass is 32.2. The molecule has 0 aliphatic carbocycles. The van der Waals surface area contributed by atoms with Gasteiger partial charge < -0.3 is 5.32 Å². The van der Waals surface area contributed by atoms with Crippen LogP contribution in [0.3, 0.4) is 0 Å². The van der Waals surface area contributed by atoms with Crippen molar-refractivity contribution in [3.63, 3.8) is 0 Å². The van der Waals surface area contributed by atoms with Crippen molar-refractivity contribution in [2.75, 3.05) is 5.75 Å². The molecule has 1 amide bonds. The zero-order valence-corrected chi connectivity index (χ0v) is 14.3. The summed E-state index contributed by atoms with van der Waals surface area (Å²) in [5.41, 5.74) is 1.54. The van der Waals surface area contributed by atoms with Crippen LogP contribution >= 0.6 is 11.8 Å². The maximum Gasteiger partial charge on any atom is 0.230 e. The van der Waals surface area contributed by atoms with Crippen molar-refractivity contribution in [1.29, 1.82) is 0 Å². The summed E-state index contributed by atoms with van der Waals surface area (Å²) < 4.78 is 14.8. The van der Waals surface area contributed by atoms with E-state index in [0.29, 0.717) is 10.8 Å². The first-order valence-electron chi connectivity index (χ1n) is 7.65. The zero-order chi connectivity index (χ0) is 17.6. The molecular formula is C17H16FN5OS. The summed E-state index contributed by atoms with van der Waals surface area (Å²) in [5.74, 6) is -0.346. The van der Waals surface area contributed by atoms with Crippen LogP contribution < -0.4 is 5.32 Å². The Balaban J connectivity index is 1.61. The quantitative estimate of drug-likeness (QED) is 0.687. The number of hydrogen-bond acceptors (Lipinski definition) is 5. The molecular weight excluding hydrogens is 341 g/mol. The first kappa shape index (κ1) is 17.1. The smallest absolute Gasteiger partial charge is 0.230 e. The molecule has 0 aliphatic heterocycles. The molecule has 128 valence electrons. The Morgan fingerprint density at radius 1 is 1.24 bits per heavy atom. The molecule has 0 saturated heterocycles. The minimum Gasteiger partial charge on any atom is -0.349 e. The molecule has 3 rings (SSSR count). The molecule has 0 fully saturated rings. The predicted octanol–water partition coefficient (Wildman–Crippen LogP) is 2.77. The maximum atomic E-state index is 13.4. The Labute approximate surface area is 148 Å². The Morgan fingerprint density at radius 3 is 2.80 bits per heavy atom. The van der Waals surface area contributed by atoms with Crippen LogP contribution in [0.25, 0.3) is 5.69 Å². The van der Waals surface area contributed by atoms with E-state index in [-0.39, 0.29) is 23.5 Å². The molecule has 1 aromatic heterocycles. The summed E-state index contributed by atoms with van der Waals surface area (Å²) in [6.45, 7) is 1.93. The first-order valence-corrected chi connectivity index (χ1v) is 8.63. The second-order valence-corrected chi connectivity index (χ2v) is 6.28. The van der Waals surface area contributed by atoms with Gasteiger partial charge in [0.1, 0.15) is 5.82 Å². The normalized spacial score (nSPS) is 11.9. The fourth-order valence-corrected chi connectivity index (χ4v) is 2.98. The molecule has 6 nitrogen and oxygen atoms in total. The van der Waals surface area contributed by atoms with E-state index in [0.717, 1.165) is 5.56 Å². The molecule has 8 heteroatoms. The van der Waals surface area contributed by atoms with Crippen molar-refractivity contribution in [3.05, 3.63) is 66.0 Å². The lowest BCUT2D eigenvalue weighted by molar-refractivity contribution is -0.119. The molecule has 0 radical (unpaired) electrons. The summed E-state index contributed by atoms with van der Waals surface area (Å²) in [4.78, 5) is 12.2. The summed E-state index contributed by atoms with van der Waals surface area (Å²) >= 11 is 1.19. The number of hydrogen-bond donors (Lipinski definition) is 1. The summed E-state index contributed by atoms with van der Waals surface area (Å²) in [7, 11) is 0. The van der Waals surface area contributed by atoms with Crippen molar-refractivity contribution < 1.29 is 9.18 Å². The number of benzene rings is 2. The van der Waals surface area contributed by atoms with E-state index in [9.17, 15) is 9.18 Å². The van der Waals surface area contributed by atoms with Crippen LogP contribution in [0.4, 0.5) is 4.39 Å². The number of thioether (sulfide) groups is 1. The molecule has 1 N–H and O–H groups in total. The third kappa shape index (κ3) is 4.42. The van der Waals surface area contributed by atoms with Crippen LogP contribution in [0.5, 0.6) is 0 Å². The van der Waals surface area contributed by atoms with Gasteiger partial charge in [-0.1, -0.05) is 48.2 Å². The van der Waals surface area contributed by atoms with Crippen LogP contribution in [-0.2, 0) is 4.79 Å². The van der Waals surface area contributed by atoms with E-state index in [1.54, 1.807) is 12.1 Å². The number of nitrogens with one attached hydrogen (secondary N) is 1. The molecule has 1 atom stereocenters. The van der Waals surface area contributed by atoms with E-state index in [1.165, 1.54) is 28.6 Å². The number of halogens is 1. The van der Waals surface area contributed by atoms with Crippen LogP contribution in [0.2, 0.25) is 0 Å². The number of carbonyl (C=O) groups excluding carboxylic acids is 1. The van der Waals surface area contributed by atoms with Gasteiger partial charge in [-0.25, -0.2) is 4.39 Å². The fourth-order valence-electron chi connectivity index (χ4n) is 2.28. The third-order valence-electron chi connectivity index (χ3n) is 3.50. The monoisotopic (exact) mass is 357 g/mol. The first-order chi connectivity index (χ1) is 12.1. The van der Waals surface area contributed by atoms with E-state index in [2.05, 4.69) is 20.8 Å². The summed E-state index contributed by atoms with van der Waals surface area (Å²) in [6, 6.07) is 15.6. The van der Waals surface area contributed by atoms with Crippen LogP contribution in [0, 0.1) is 5.82 Å². The third-order valence-corrected chi connectivity index (χ3v) is 4.42. The van der Waals surface area contributed by atoms with Gasteiger partial charge in [0.05, 0.1) is 17.5 Å². The lowest BCUT2D eigenvalue weighted by atomic mass is 10.1. The molecule has 0 spiro atoms. The maximum absolute atomic E-state index is 13.4. The van der Waals surface area contributed by atoms with E-state index in [1.807, 2.05) is 37.3 Å². The van der Waals surface area contributed by atoms with Gasteiger partial charge in [-0.05, 0) is 41.1 Å². The minimum absolute atomic E-state index is 0.0893. The second kappa shape index (κ2) is 7.89. The number of carbonyl (C=O) groups is 1. The number of aromatic nitrogens is 4. The van der Waals surface area contributed by atoms with Gasteiger partial charge in [0.2, 0.25) is 11.1 Å². The minimum atomic E-state index is -0.377. The average Bonchev–Trinajstić information content (AvgIpc) is 3.09. The molecule has 3 aromatic rings. The molecule has 2 aromatic carbocycles. The van der Waals surface area contributed by atoms with Crippen LogP contribution in [-0.4, -0.2) is 31.9 Å². The molecule has 25 heavy (non-hydrogen) atoms. The Hall–Kier alpha value is -2.74. The molecule has 0 aliphatic rings. The molecule has 1 unspecified atom stereocenters. The van der Waals surface area contributed by atoms with E-state index < -0.39 is 0 Å². The highest BCUT2D eigenvalue weighted by Gasteiger charge is 2.14. The van der Waals surface area contributed by atoms with Crippen molar-refractivity contribution in [2.24, 2.45) is 0 Å². The largest absolute Gasteiger partial charge is 0.349 e. The average molecular weight is 357 g/mol. The van der Waals surface area contributed by atoms with Gasteiger partial charge >= 0.3 is 0 Å². The van der Waals surface area contributed by atoms with Gasteiger partial charge in [-0.3, -0.25) is 4.79 Å².